The molecule has 0 amide bonds. The van der Waals surface area contributed by atoms with Gasteiger partial charge in [-0.15, -0.1) is 0 Å². The fraction of sp³-hybridized carbons (Fsp3) is 0.600. The molecule has 1 unspecified atom stereocenters. The normalized spacial score (nSPS) is 23.7. The Morgan fingerprint density at radius 1 is 1.47 bits per heavy atom. The number of β-amino-alcohol motifs (C(OH)–C–C–N with tert-alkyl or cyclic N) is 1. The highest BCUT2D eigenvalue weighted by molar-refractivity contribution is 5.54. The van der Waals surface area contributed by atoms with Gasteiger partial charge in [0.15, 0.2) is 0 Å². The maximum absolute atomic E-state index is 13.4. The van der Waals surface area contributed by atoms with Gasteiger partial charge in [-0.05, 0) is 50.1 Å². The summed E-state index contributed by atoms with van der Waals surface area (Å²) in [7, 11) is 0. The first-order valence-electron chi connectivity index (χ1n) is 6.98. The van der Waals surface area contributed by atoms with E-state index in [0.717, 1.165) is 37.2 Å². The Balaban J connectivity index is 2.22. The molecule has 1 heterocycles. The molecule has 3 nitrogen and oxygen atoms in total. The summed E-state index contributed by atoms with van der Waals surface area (Å²) in [6, 6.07) is 4.90. The summed E-state index contributed by atoms with van der Waals surface area (Å²) in [5.41, 5.74) is 1.34. The molecule has 1 saturated heterocycles. The number of hydrogen-bond acceptors (Lipinski definition) is 3. The predicted octanol–water partition coefficient (Wildman–Crippen LogP) is 2.29. The van der Waals surface area contributed by atoms with Gasteiger partial charge in [0.2, 0.25) is 0 Å². The molecule has 0 saturated carbocycles. The molecular weight excluding hydrogens is 243 g/mol. The van der Waals surface area contributed by atoms with Crippen LogP contribution in [0.25, 0.3) is 0 Å². The molecule has 1 aliphatic heterocycles. The summed E-state index contributed by atoms with van der Waals surface area (Å²) in [5.74, 6) is -0.208. The fourth-order valence-corrected chi connectivity index (χ4v) is 2.69. The number of nitrogens with zero attached hydrogens (tertiary/aromatic N) is 1. The third kappa shape index (κ3) is 3.67. The largest absolute Gasteiger partial charge is 0.388 e. The number of piperidine rings is 1. The van der Waals surface area contributed by atoms with E-state index < -0.39 is 5.60 Å². The standard InChI is InChI=1S/C15H23FN2O/c1-3-17-10-12-9-13(16)5-6-14(12)18-8-4-7-15(2,19)11-18/h5-6,9,17,19H,3-4,7-8,10-11H2,1-2H3. The van der Waals surface area contributed by atoms with E-state index in [2.05, 4.69) is 10.2 Å². The Morgan fingerprint density at radius 2 is 2.26 bits per heavy atom. The van der Waals surface area contributed by atoms with Gasteiger partial charge in [-0.25, -0.2) is 4.39 Å². The molecule has 0 aliphatic carbocycles. The van der Waals surface area contributed by atoms with Gasteiger partial charge in [-0.1, -0.05) is 6.92 Å². The number of hydrogen-bond donors (Lipinski definition) is 2. The second kappa shape index (κ2) is 5.88. The van der Waals surface area contributed by atoms with Crippen LogP contribution in [0.1, 0.15) is 32.3 Å². The summed E-state index contributed by atoms with van der Waals surface area (Å²) in [5, 5.41) is 13.4. The van der Waals surface area contributed by atoms with Crippen molar-refractivity contribution in [1.82, 2.24) is 5.32 Å². The van der Waals surface area contributed by atoms with Gasteiger partial charge >= 0.3 is 0 Å². The monoisotopic (exact) mass is 266 g/mol. The highest BCUT2D eigenvalue weighted by Gasteiger charge is 2.29. The molecule has 1 atom stereocenters. The van der Waals surface area contributed by atoms with E-state index in [-0.39, 0.29) is 5.82 Å². The van der Waals surface area contributed by atoms with Crippen molar-refractivity contribution < 1.29 is 9.50 Å². The van der Waals surface area contributed by atoms with Crippen molar-refractivity contribution >= 4 is 5.69 Å². The van der Waals surface area contributed by atoms with Crippen molar-refractivity contribution in [3.05, 3.63) is 29.6 Å². The average molecular weight is 266 g/mol. The van der Waals surface area contributed by atoms with Crippen LogP contribution in [0.5, 0.6) is 0 Å². The molecule has 4 heteroatoms. The van der Waals surface area contributed by atoms with E-state index in [1.165, 1.54) is 6.07 Å². The summed E-state index contributed by atoms with van der Waals surface area (Å²) < 4.78 is 13.4. The highest BCUT2D eigenvalue weighted by Crippen LogP contribution is 2.28. The summed E-state index contributed by atoms with van der Waals surface area (Å²) in [6.07, 6.45) is 1.79. The van der Waals surface area contributed by atoms with Crippen LogP contribution in [0.15, 0.2) is 18.2 Å². The molecule has 2 rings (SSSR count). The molecule has 0 radical (unpaired) electrons. The molecule has 1 aromatic carbocycles. The van der Waals surface area contributed by atoms with Crippen LogP contribution in [-0.2, 0) is 6.54 Å². The molecule has 19 heavy (non-hydrogen) atoms. The van der Waals surface area contributed by atoms with Gasteiger partial charge in [-0.2, -0.15) is 0 Å². The second-order valence-electron chi connectivity index (χ2n) is 5.58. The molecule has 0 spiro atoms. The SMILES string of the molecule is CCNCc1cc(F)ccc1N1CCCC(C)(O)C1. The van der Waals surface area contributed by atoms with E-state index in [0.29, 0.717) is 13.1 Å². The lowest BCUT2D eigenvalue weighted by Crippen LogP contribution is -2.46. The third-order valence-corrected chi connectivity index (χ3v) is 3.62. The van der Waals surface area contributed by atoms with E-state index in [4.69, 9.17) is 0 Å². The van der Waals surface area contributed by atoms with E-state index in [9.17, 15) is 9.50 Å². The van der Waals surface area contributed by atoms with Gasteiger partial charge in [0.25, 0.3) is 0 Å². The van der Waals surface area contributed by atoms with Gasteiger partial charge in [0, 0.05) is 25.3 Å². The Morgan fingerprint density at radius 3 is 2.95 bits per heavy atom. The topological polar surface area (TPSA) is 35.5 Å². The van der Waals surface area contributed by atoms with Crippen molar-refractivity contribution in [2.24, 2.45) is 0 Å². The first-order valence-corrected chi connectivity index (χ1v) is 6.98. The van der Waals surface area contributed by atoms with E-state index in [1.54, 1.807) is 6.07 Å². The van der Waals surface area contributed by atoms with E-state index >= 15 is 0 Å². The zero-order valence-corrected chi connectivity index (χ0v) is 11.7. The lowest BCUT2D eigenvalue weighted by atomic mass is 9.94. The van der Waals surface area contributed by atoms with Crippen molar-refractivity contribution in [2.45, 2.75) is 38.8 Å². The fourth-order valence-electron chi connectivity index (χ4n) is 2.69. The van der Waals surface area contributed by atoms with Gasteiger partial charge < -0.3 is 15.3 Å². The van der Waals surface area contributed by atoms with Gasteiger partial charge in [-0.3, -0.25) is 0 Å². The number of anilines is 1. The quantitative estimate of drug-likeness (QED) is 0.877. The molecule has 0 bridgehead atoms. The Bertz CT molecular complexity index is 434. The Hall–Kier alpha value is -1.13. The van der Waals surface area contributed by atoms with Crippen LogP contribution < -0.4 is 10.2 Å². The minimum Gasteiger partial charge on any atom is -0.388 e. The number of halogens is 1. The molecule has 2 N–H and O–H groups in total. The third-order valence-electron chi connectivity index (χ3n) is 3.62. The highest BCUT2D eigenvalue weighted by atomic mass is 19.1. The predicted molar refractivity (Wildman–Crippen MR) is 75.9 cm³/mol. The molecular formula is C15H23FN2O. The zero-order chi connectivity index (χ0) is 13.9. The number of rotatable bonds is 4. The minimum atomic E-state index is -0.651. The molecule has 106 valence electrons. The van der Waals surface area contributed by atoms with Crippen LogP contribution in [-0.4, -0.2) is 30.3 Å². The lowest BCUT2D eigenvalue weighted by Gasteiger charge is -2.39. The van der Waals surface area contributed by atoms with Crippen molar-refractivity contribution in [3.63, 3.8) is 0 Å². The zero-order valence-electron chi connectivity index (χ0n) is 11.7. The first kappa shape index (κ1) is 14.3. The Labute approximate surface area is 114 Å². The van der Waals surface area contributed by atoms with Crippen LogP contribution in [0.4, 0.5) is 10.1 Å². The Kier molecular flexibility index (Phi) is 4.42. The maximum atomic E-state index is 13.4. The summed E-state index contributed by atoms with van der Waals surface area (Å²) in [6.45, 7) is 6.94. The van der Waals surface area contributed by atoms with Crippen LogP contribution >= 0.6 is 0 Å². The molecule has 0 aromatic heterocycles. The average Bonchev–Trinajstić information content (AvgIpc) is 2.35. The summed E-state index contributed by atoms with van der Waals surface area (Å²) in [4.78, 5) is 2.16. The number of benzene rings is 1. The van der Waals surface area contributed by atoms with Crippen LogP contribution in [0.3, 0.4) is 0 Å². The van der Waals surface area contributed by atoms with Crippen molar-refractivity contribution in [2.75, 3.05) is 24.5 Å². The van der Waals surface area contributed by atoms with Gasteiger partial charge in [0.05, 0.1) is 5.60 Å². The van der Waals surface area contributed by atoms with Crippen molar-refractivity contribution in [1.29, 1.82) is 0 Å². The van der Waals surface area contributed by atoms with Crippen LogP contribution in [0, 0.1) is 5.82 Å². The molecule has 1 aromatic rings. The smallest absolute Gasteiger partial charge is 0.123 e. The van der Waals surface area contributed by atoms with Gasteiger partial charge in [0.1, 0.15) is 5.82 Å². The first-order chi connectivity index (χ1) is 9.02. The lowest BCUT2D eigenvalue weighted by molar-refractivity contribution is 0.0449. The van der Waals surface area contributed by atoms with Crippen LogP contribution in [0.2, 0.25) is 0 Å². The molecule has 1 aliphatic rings. The summed E-state index contributed by atoms with van der Waals surface area (Å²) >= 11 is 0. The van der Waals surface area contributed by atoms with Crippen molar-refractivity contribution in [3.8, 4) is 0 Å². The number of nitrogens with one attached hydrogen (secondary N) is 1. The van der Waals surface area contributed by atoms with E-state index in [1.807, 2.05) is 19.9 Å². The second-order valence-corrected chi connectivity index (χ2v) is 5.58. The minimum absolute atomic E-state index is 0.208. The maximum Gasteiger partial charge on any atom is 0.123 e. The number of aliphatic hydroxyl groups is 1. The molecule has 1 fully saturated rings.